The minimum atomic E-state index is -2.53. The minimum Gasteiger partial charge on any atom is -0.457 e. The second-order valence-electron chi connectivity index (χ2n) is 10.5. The molecule has 0 atom stereocenters. The van der Waals surface area contributed by atoms with Crippen LogP contribution in [-0.4, -0.2) is 0 Å². The number of ether oxygens (including phenoxy) is 1. The van der Waals surface area contributed by atoms with Gasteiger partial charge in [0, 0.05) is 11.1 Å². The predicted molar refractivity (Wildman–Crippen MR) is 180 cm³/mol. The van der Waals surface area contributed by atoms with Gasteiger partial charge in [-0.3, -0.25) is 0 Å². The lowest BCUT2D eigenvalue weighted by atomic mass is 9.65. The molecule has 0 N–H and O–H groups in total. The third kappa shape index (κ3) is 3.53. The molecule has 0 radical (unpaired) electrons. The van der Waals surface area contributed by atoms with E-state index in [1.807, 2.05) is 54.6 Å². The third-order valence-corrected chi connectivity index (χ3v) is 8.26. The molecule has 1 aliphatic heterocycles. The number of para-hydroxylation sites is 1. The highest BCUT2D eigenvalue weighted by atomic mass is 16.5. The lowest BCUT2D eigenvalue weighted by Gasteiger charge is -2.39. The van der Waals surface area contributed by atoms with Crippen LogP contribution in [0.1, 0.15) is 42.8 Å². The van der Waals surface area contributed by atoms with Crippen LogP contribution >= 0.6 is 0 Å². The molecule has 1 nitrogen and oxygen atoms in total. The van der Waals surface area contributed by atoms with Crippen LogP contribution in [0.2, 0.25) is 0 Å². The second-order valence-corrected chi connectivity index (χ2v) is 10.5. The zero-order chi connectivity index (χ0) is 42.1. The number of rotatable bonds is 3. The first-order chi connectivity index (χ1) is 28.1. The zero-order valence-electron chi connectivity index (χ0n) is 37.9. The Balaban J connectivity index is 1.48. The molecule has 7 aromatic carbocycles. The molecule has 7 aromatic rings. The van der Waals surface area contributed by atoms with Gasteiger partial charge in [-0.1, -0.05) is 151 Å². The summed E-state index contributed by atoms with van der Waals surface area (Å²) in [5, 5.41) is 0. The molecule has 1 aliphatic carbocycles. The molecular weight excluding hydrogens is 532 g/mol. The molecule has 0 fully saturated rings. The molecule has 0 saturated heterocycles. The van der Waals surface area contributed by atoms with Gasteiger partial charge < -0.3 is 4.74 Å². The van der Waals surface area contributed by atoms with Gasteiger partial charge in [-0.2, -0.15) is 0 Å². The summed E-state index contributed by atoms with van der Waals surface area (Å²) in [6, 6.07) is 13.7. The van der Waals surface area contributed by atoms with Crippen LogP contribution < -0.4 is 4.74 Å². The Labute approximate surface area is 278 Å². The van der Waals surface area contributed by atoms with E-state index in [1.165, 1.54) is 0 Å². The van der Waals surface area contributed by atoms with E-state index in [-0.39, 0.29) is 22.3 Å². The SMILES string of the molecule is [2H]c1c([2H])c([2H])c2c(c1[2H])Oc1c([2H])c([2H])c(-c3ccccc3-c3ccc(-c4ccccc4)cc3)c([2H])c1C21c2c([2H])c([2H])c([2H])c([2H])c2-c2c([2H])c([2H])c([2H])c([2H])c21. The summed E-state index contributed by atoms with van der Waals surface area (Å²) in [4.78, 5) is 0. The first-order valence-corrected chi connectivity index (χ1v) is 14.0. The quantitative estimate of drug-likeness (QED) is 0.204. The maximum absolute atomic E-state index is 10.1. The van der Waals surface area contributed by atoms with Crippen LogP contribution in [0.25, 0.3) is 44.5 Å². The maximum atomic E-state index is 10.1. The van der Waals surface area contributed by atoms with Crippen molar-refractivity contribution < 1.29 is 25.3 Å². The van der Waals surface area contributed by atoms with E-state index in [0.717, 1.165) is 11.1 Å². The first-order valence-electron chi connectivity index (χ1n) is 21.5. The van der Waals surface area contributed by atoms with Crippen LogP contribution in [0, 0.1) is 0 Å². The van der Waals surface area contributed by atoms with E-state index in [4.69, 9.17) is 17.1 Å². The Kier molecular flexibility index (Phi) is 3.13. The Morgan fingerprint density at radius 1 is 0.386 bits per heavy atom. The molecular formula is C43H28O. The van der Waals surface area contributed by atoms with E-state index >= 15 is 0 Å². The third-order valence-electron chi connectivity index (χ3n) is 8.26. The van der Waals surface area contributed by atoms with Gasteiger partial charge in [0.05, 0.1) is 26.0 Å². The molecule has 206 valence electrons. The van der Waals surface area contributed by atoms with Gasteiger partial charge in [-0.25, -0.2) is 0 Å². The van der Waals surface area contributed by atoms with Gasteiger partial charge in [0.15, 0.2) is 0 Å². The van der Waals surface area contributed by atoms with E-state index in [1.54, 1.807) is 24.3 Å². The summed E-state index contributed by atoms with van der Waals surface area (Å²) in [7, 11) is 0. The van der Waals surface area contributed by atoms with Crippen molar-refractivity contribution in [1.29, 1.82) is 0 Å². The number of benzene rings is 7. The molecule has 1 heteroatoms. The molecule has 9 rings (SSSR count). The molecule has 44 heavy (non-hydrogen) atoms. The smallest absolute Gasteiger partial charge is 0.132 e. The van der Waals surface area contributed by atoms with E-state index in [0.29, 0.717) is 16.7 Å². The topological polar surface area (TPSA) is 9.23 Å². The number of fused-ring (bicyclic) bond motifs is 9. The average Bonchev–Trinajstić information content (AvgIpc) is 3.55. The van der Waals surface area contributed by atoms with Crippen LogP contribution in [-0.2, 0) is 5.41 Å². The molecule has 1 spiro atoms. The molecule has 0 saturated carbocycles. The lowest BCUT2D eigenvalue weighted by Crippen LogP contribution is -2.32. The van der Waals surface area contributed by atoms with E-state index in [9.17, 15) is 8.22 Å². The van der Waals surface area contributed by atoms with E-state index in [2.05, 4.69) is 0 Å². The molecule has 1 heterocycles. The Bertz CT molecular complexity index is 2950. The molecule has 0 amide bonds. The van der Waals surface area contributed by atoms with Gasteiger partial charge in [-0.05, 0) is 73.8 Å². The predicted octanol–water partition coefficient (Wildman–Crippen LogP) is 11.2. The zero-order valence-corrected chi connectivity index (χ0v) is 22.9. The van der Waals surface area contributed by atoms with Gasteiger partial charge in [0.2, 0.25) is 0 Å². The van der Waals surface area contributed by atoms with Crippen molar-refractivity contribution in [2.24, 2.45) is 0 Å². The molecule has 2 aliphatic rings. The Morgan fingerprint density at radius 3 is 1.61 bits per heavy atom. The van der Waals surface area contributed by atoms with Gasteiger partial charge >= 0.3 is 0 Å². The van der Waals surface area contributed by atoms with Crippen LogP contribution in [0.3, 0.4) is 0 Å². The molecule has 0 aromatic heterocycles. The van der Waals surface area contributed by atoms with Crippen LogP contribution in [0.5, 0.6) is 11.5 Å². The maximum Gasteiger partial charge on any atom is 0.132 e. The van der Waals surface area contributed by atoms with Crippen molar-refractivity contribution >= 4 is 0 Å². The van der Waals surface area contributed by atoms with Crippen molar-refractivity contribution in [1.82, 2.24) is 0 Å². The van der Waals surface area contributed by atoms with Crippen LogP contribution in [0.15, 0.2) is 169 Å². The van der Waals surface area contributed by atoms with Crippen molar-refractivity contribution in [3.05, 3.63) is 192 Å². The number of hydrogen-bond donors (Lipinski definition) is 0. The van der Waals surface area contributed by atoms with Gasteiger partial charge in [0.1, 0.15) is 11.5 Å². The first kappa shape index (κ1) is 14.2. The number of hydrogen-bond acceptors (Lipinski definition) is 1. The van der Waals surface area contributed by atoms with E-state index < -0.39 is 124 Å². The summed E-state index contributed by atoms with van der Waals surface area (Å²) >= 11 is 0. The Morgan fingerprint density at radius 2 is 0.909 bits per heavy atom. The summed E-state index contributed by atoms with van der Waals surface area (Å²) in [6.45, 7) is 0. The largest absolute Gasteiger partial charge is 0.457 e. The average molecular weight is 576 g/mol. The summed E-state index contributed by atoms with van der Waals surface area (Å²) in [5.41, 5.74) is -1.54. The van der Waals surface area contributed by atoms with Gasteiger partial charge in [0.25, 0.3) is 0 Å². The van der Waals surface area contributed by atoms with Gasteiger partial charge in [-0.15, -0.1) is 0 Å². The highest BCUT2D eigenvalue weighted by Gasteiger charge is 2.50. The second kappa shape index (κ2) is 9.69. The van der Waals surface area contributed by atoms with Crippen LogP contribution in [0.4, 0.5) is 0 Å². The summed E-state index contributed by atoms with van der Waals surface area (Å²) in [6.07, 6.45) is 0. The summed E-state index contributed by atoms with van der Waals surface area (Å²) in [5.74, 6) is -1.12. The monoisotopic (exact) mass is 575 g/mol. The Hall–Kier alpha value is -5.66. The lowest BCUT2D eigenvalue weighted by molar-refractivity contribution is 0.436. The van der Waals surface area contributed by atoms with Crippen molar-refractivity contribution in [3.8, 4) is 56.0 Å². The molecule has 0 unspecified atom stereocenters. The molecule has 0 bridgehead atoms. The fourth-order valence-electron chi connectivity index (χ4n) is 6.35. The van der Waals surface area contributed by atoms with Crippen molar-refractivity contribution in [3.63, 3.8) is 0 Å². The normalized spacial score (nSPS) is 18.1. The van der Waals surface area contributed by atoms with Crippen molar-refractivity contribution in [2.45, 2.75) is 5.41 Å². The fourth-order valence-corrected chi connectivity index (χ4v) is 6.35. The highest BCUT2D eigenvalue weighted by molar-refractivity contribution is 5.90. The summed E-state index contributed by atoms with van der Waals surface area (Å²) < 4.78 is 143. The standard InChI is InChI=1S/C43H28O/c1-2-12-29(13-3-1)30-22-24-31(25-23-30)33-14-4-5-15-34(33)32-26-27-42-40(28-32)43(39-20-10-11-21-41(39)44-42)37-18-8-6-16-35(37)36-17-7-9-19-38(36)43/h1-28H/i6D,7D,8D,9D,10D,11D,16D,17D,18D,19D,20D,21D,26D,27D,28D. The fraction of sp³-hybridized carbons (Fsp3) is 0.0233. The minimum absolute atomic E-state index is 0.125. The van der Waals surface area contributed by atoms with Crippen molar-refractivity contribution in [2.75, 3.05) is 0 Å². The highest BCUT2D eigenvalue weighted by Crippen LogP contribution is 2.62.